The highest BCUT2D eigenvalue weighted by Gasteiger charge is 2.39. The van der Waals surface area contributed by atoms with Crippen molar-refractivity contribution in [2.45, 2.75) is 89.0 Å². The van der Waals surface area contributed by atoms with E-state index in [1.807, 2.05) is 60.9 Å². The minimum absolute atomic E-state index is 0.0306. The lowest BCUT2D eigenvalue weighted by Crippen LogP contribution is -2.57. The number of carbonyl (C=O) groups is 3. The number of hydrogen-bond donors (Lipinski definition) is 2. The summed E-state index contributed by atoms with van der Waals surface area (Å²) in [6.45, 7) is 5.28. The Hall–Kier alpha value is -4.85. The molecule has 2 heterocycles. The Morgan fingerprint density at radius 3 is 2.04 bits per heavy atom. The Bertz CT molecular complexity index is 1840. The maximum atomic E-state index is 13.6. The lowest BCUT2D eigenvalue weighted by molar-refractivity contribution is -0.146. The van der Waals surface area contributed by atoms with Crippen LogP contribution < -0.4 is 5.32 Å². The number of likely N-dealkylation sites (tertiary alicyclic amines) is 1. The van der Waals surface area contributed by atoms with Crippen LogP contribution in [0.1, 0.15) is 98.2 Å². The molecule has 3 fully saturated rings. The number of carbonyl (C=O) groups excluding carboxylic acids is 2. The van der Waals surface area contributed by atoms with Gasteiger partial charge in [-0.25, -0.2) is 9.97 Å². The van der Waals surface area contributed by atoms with Crippen molar-refractivity contribution in [2.24, 2.45) is 11.8 Å². The molecule has 2 saturated carbocycles. The van der Waals surface area contributed by atoms with Crippen LogP contribution in [0.3, 0.4) is 0 Å². The summed E-state index contributed by atoms with van der Waals surface area (Å²) in [5, 5.41) is 12.1. The van der Waals surface area contributed by atoms with E-state index in [1.54, 1.807) is 4.90 Å². The molecule has 3 aromatic carbocycles. The topological polar surface area (TPSA) is 112 Å². The Morgan fingerprint density at radius 1 is 0.824 bits per heavy atom. The second kappa shape index (κ2) is 14.8. The lowest BCUT2D eigenvalue weighted by Gasteiger charge is -2.40. The van der Waals surface area contributed by atoms with E-state index in [2.05, 4.69) is 53.4 Å². The van der Waals surface area contributed by atoms with Gasteiger partial charge in [-0.05, 0) is 90.2 Å². The number of hydrogen-bond acceptors (Lipinski definition) is 5. The fourth-order valence-electron chi connectivity index (χ4n) is 7.79. The Kier molecular flexibility index (Phi) is 10.0. The van der Waals surface area contributed by atoms with Gasteiger partial charge in [-0.2, -0.15) is 0 Å². The SMILES string of the molecule is CCC1CCC(c2ccc(-c3cnc(-c4ccc(C[C@H](NC(=O)c5ccc(C6(C)CC6)cc5)C(=O)N5CC(CC(=O)O)C5)cc4)nc3)cc2)CC1. The number of carboxylic acids is 1. The van der Waals surface area contributed by atoms with Crippen molar-refractivity contribution in [3.63, 3.8) is 0 Å². The molecule has 0 bridgehead atoms. The smallest absolute Gasteiger partial charge is 0.303 e. The quantitative estimate of drug-likeness (QED) is 0.157. The van der Waals surface area contributed by atoms with E-state index in [9.17, 15) is 14.4 Å². The second-order valence-corrected chi connectivity index (χ2v) is 15.3. The molecular formula is C43H48N4O4. The Morgan fingerprint density at radius 2 is 1.45 bits per heavy atom. The van der Waals surface area contributed by atoms with Crippen molar-refractivity contribution in [2.75, 3.05) is 13.1 Å². The lowest BCUT2D eigenvalue weighted by atomic mass is 9.78. The molecule has 8 heteroatoms. The number of nitrogens with one attached hydrogen (secondary N) is 1. The van der Waals surface area contributed by atoms with Crippen LogP contribution in [0.4, 0.5) is 0 Å². The molecule has 1 aromatic heterocycles. The Labute approximate surface area is 300 Å². The monoisotopic (exact) mass is 684 g/mol. The molecule has 2 aliphatic carbocycles. The summed E-state index contributed by atoms with van der Waals surface area (Å²) in [6, 6.07) is 23.6. The zero-order chi connectivity index (χ0) is 35.5. The van der Waals surface area contributed by atoms with E-state index in [1.165, 1.54) is 43.2 Å². The van der Waals surface area contributed by atoms with Crippen LogP contribution in [0.5, 0.6) is 0 Å². The molecule has 0 spiro atoms. The molecule has 2 amide bonds. The largest absolute Gasteiger partial charge is 0.481 e. The van der Waals surface area contributed by atoms with Crippen LogP contribution in [-0.2, 0) is 21.4 Å². The average molecular weight is 685 g/mol. The van der Waals surface area contributed by atoms with E-state index >= 15 is 0 Å². The van der Waals surface area contributed by atoms with Crippen molar-refractivity contribution in [3.05, 3.63) is 107 Å². The van der Waals surface area contributed by atoms with E-state index in [4.69, 9.17) is 5.11 Å². The predicted octanol–water partition coefficient (Wildman–Crippen LogP) is 7.82. The molecule has 8 nitrogen and oxygen atoms in total. The van der Waals surface area contributed by atoms with E-state index < -0.39 is 12.0 Å². The van der Waals surface area contributed by atoms with Crippen molar-refractivity contribution < 1.29 is 19.5 Å². The summed E-state index contributed by atoms with van der Waals surface area (Å²) in [7, 11) is 0. The molecule has 0 unspecified atom stereocenters. The van der Waals surface area contributed by atoms with Crippen LogP contribution in [-0.4, -0.2) is 56.9 Å². The van der Waals surface area contributed by atoms with Crippen molar-refractivity contribution >= 4 is 17.8 Å². The first-order chi connectivity index (χ1) is 24.7. The summed E-state index contributed by atoms with van der Waals surface area (Å²) in [4.78, 5) is 49.1. The molecule has 51 heavy (non-hydrogen) atoms. The van der Waals surface area contributed by atoms with Gasteiger partial charge in [0.25, 0.3) is 5.91 Å². The number of amides is 2. The summed E-state index contributed by atoms with van der Waals surface area (Å²) >= 11 is 0. The van der Waals surface area contributed by atoms with Gasteiger partial charge in [-0.1, -0.05) is 80.9 Å². The Balaban J connectivity index is 1.00. The zero-order valence-electron chi connectivity index (χ0n) is 29.7. The number of rotatable bonds is 12. The van der Waals surface area contributed by atoms with Crippen LogP contribution in [0.2, 0.25) is 0 Å². The van der Waals surface area contributed by atoms with Gasteiger partial charge in [-0.15, -0.1) is 0 Å². The van der Waals surface area contributed by atoms with Crippen molar-refractivity contribution in [1.82, 2.24) is 20.2 Å². The molecule has 7 rings (SSSR count). The minimum Gasteiger partial charge on any atom is -0.481 e. The third kappa shape index (κ3) is 8.06. The first-order valence-electron chi connectivity index (χ1n) is 18.6. The summed E-state index contributed by atoms with van der Waals surface area (Å²) < 4.78 is 0. The molecular weight excluding hydrogens is 636 g/mol. The van der Waals surface area contributed by atoms with Gasteiger partial charge in [0.15, 0.2) is 5.82 Å². The summed E-state index contributed by atoms with van der Waals surface area (Å²) in [5.41, 5.74) is 7.19. The van der Waals surface area contributed by atoms with Gasteiger partial charge in [0.2, 0.25) is 5.91 Å². The average Bonchev–Trinajstić information content (AvgIpc) is 3.91. The van der Waals surface area contributed by atoms with Gasteiger partial charge >= 0.3 is 5.97 Å². The highest BCUT2D eigenvalue weighted by Crippen LogP contribution is 2.47. The van der Waals surface area contributed by atoms with Crippen LogP contribution >= 0.6 is 0 Å². The predicted molar refractivity (Wildman–Crippen MR) is 198 cm³/mol. The maximum absolute atomic E-state index is 13.6. The first kappa shape index (κ1) is 34.6. The first-order valence-corrected chi connectivity index (χ1v) is 18.6. The maximum Gasteiger partial charge on any atom is 0.303 e. The van der Waals surface area contributed by atoms with Gasteiger partial charge < -0.3 is 15.3 Å². The summed E-state index contributed by atoms with van der Waals surface area (Å²) in [5.74, 6) is 0.723. The van der Waals surface area contributed by atoms with E-state index in [0.717, 1.165) is 41.0 Å². The molecule has 4 aromatic rings. The standard InChI is InChI=1S/C43H48N4O4/c1-3-28-4-8-31(9-5-28)32-12-14-33(15-13-32)36-24-44-40(45-25-36)34-10-6-29(7-11-34)22-38(42(51)47-26-30(27-47)23-39(48)49)46-41(50)35-16-18-37(19-17-35)43(2)20-21-43/h6-7,10-19,24-25,28,30-31,38H,3-5,8-9,20-23,26-27H2,1-2H3,(H,46,50)(H,48,49)/t28?,31?,38-/m0/s1. The van der Waals surface area contributed by atoms with Crippen LogP contribution in [0.25, 0.3) is 22.5 Å². The molecule has 2 N–H and O–H groups in total. The van der Waals surface area contributed by atoms with Gasteiger partial charge in [0.05, 0.1) is 6.42 Å². The highest BCUT2D eigenvalue weighted by molar-refractivity contribution is 5.97. The number of carboxylic acid groups (broad SMARTS) is 1. The number of benzene rings is 3. The zero-order valence-corrected chi connectivity index (χ0v) is 29.7. The number of nitrogens with zero attached hydrogens (tertiary/aromatic N) is 3. The fourth-order valence-corrected chi connectivity index (χ4v) is 7.79. The molecule has 1 atom stereocenters. The number of aliphatic carboxylic acids is 1. The normalized spacial score (nSPS) is 20.2. The van der Waals surface area contributed by atoms with Gasteiger partial charge in [-0.3, -0.25) is 14.4 Å². The van der Waals surface area contributed by atoms with E-state index in [0.29, 0.717) is 36.8 Å². The van der Waals surface area contributed by atoms with Gasteiger partial charge in [0, 0.05) is 54.5 Å². The van der Waals surface area contributed by atoms with Crippen LogP contribution in [0.15, 0.2) is 85.2 Å². The molecule has 0 radical (unpaired) electrons. The van der Waals surface area contributed by atoms with Gasteiger partial charge in [0.1, 0.15) is 6.04 Å². The van der Waals surface area contributed by atoms with Crippen molar-refractivity contribution in [3.8, 4) is 22.5 Å². The third-order valence-electron chi connectivity index (χ3n) is 11.6. The van der Waals surface area contributed by atoms with Crippen LogP contribution in [0, 0.1) is 11.8 Å². The summed E-state index contributed by atoms with van der Waals surface area (Å²) in [6.07, 6.45) is 12.9. The second-order valence-electron chi connectivity index (χ2n) is 15.3. The van der Waals surface area contributed by atoms with Crippen molar-refractivity contribution in [1.29, 1.82) is 0 Å². The highest BCUT2D eigenvalue weighted by atomic mass is 16.4. The molecule has 1 saturated heterocycles. The third-order valence-corrected chi connectivity index (χ3v) is 11.6. The molecule has 264 valence electrons. The number of aromatic nitrogens is 2. The fraction of sp³-hybridized carbons (Fsp3) is 0.419. The minimum atomic E-state index is -0.868. The molecule has 3 aliphatic rings. The van der Waals surface area contributed by atoms with E-state index in [-0.39, 0.29) is 29.6 Å². The molecule has 1 aliphatic heterocycles.